The molecule has 4 rings (SSSR count). The predicted octanol–water partition coefficient (Wildman–Crippen LogP) is 6.28. The summed E-state index contributed by atoms with van der Waals surface area (Å²) in [6.45, 7) is 16.6. The highest BCUT2D eigenvalue weighted by Crippen LogP contribution is 2.73. The summed E-state index contributed by atoms with van der Waals surface area (Å²) in [7, 11) is 0. The van der Waals surface area contributed by atoms with E-state index in [1.54, 1.807) is 5.57 Å². The lowest BCUT2D eigenvalue weighted by atomic mass is 9.40. The summed E-state index contributed by atoms with van der Waals surface area (Å²) >= 11 is 0. The molecule has 0 aromatic rings. The van der Waals surface area contributed by atoms with Crippen molar-refractivity contribution in [3.8, 4) is 0 Å². The van der Waals surface area contributed by atoms with Crippen molar-refractivity contribution in [1.29, 1.82) is 0 Å². The van der Waals surface area contributed by atoms with E-state index in [-0.39, 0.29) is 22.9 Å². The van der Waals surface area contributed by atoms with Crippen LogP contribution in [0.3, 0.4) is 0 Å². The summed E-state index contributed by atoms with van der Waals surface area (Å²) in [4.78, 5) is 0. The van der Waals surface area contributed by atoms with Crippen LogP contribution in [0.5, 0.6) is 0 Å². The minimum absolute atomic E-state index is 0.145. The summed E-state index contributed by atoms with van der Waals surface area (Å²) in [5.41, 5.74) is 2.94. The van der Waals surface area contributed by atoms with Gasteiger partial charge in [-0.2, -0.15) is 0 Å². The van der Waals surface area contributed by atoms with Gasteiger partial charge in [-0.15, -0.1) is 0 Å². The molecule has 3 nitrogen and oxygen atoms in total. The van der Waals surface area contributed by atoms with Gasteiger partial charge in [0.1, 0.15) is 0 Å². The summed E-state index contributed by atoms with van der Waals surface area (Å²) in [6.07, 6.45) is 12.7. The van der Waals surface area contributed by atoms with Gasteiger partial charge >= 0.3 is 0 Å². The largest absolute Gasteiger partial charge is 0.392 e. The smallest absolute Gasteiger partial charge is 0.0639 e. The summed E-state index contributed by atoms with van der Waals surface area (Å²) in [5.74, 6) is 2.16. The zero-order chi connectivity index (χ0) is 24.4. The van der Waals surface area contributed by atoms with Crippen molar-refractivity contribution in [1.82, 2.24) is 0 Å². The van der Waals surface area contributed by atoms with E-state index < -0.39 is 12.2 Å². The first kappa shape index (κ1) is 25.5. The molecule has 33 heavy (non-hydrogen) atoms. The number of allylic oxidation sites excluding steroid dienone is 3. The highest BCUT2D eigenvalue weighted by Gasteiger charge is 2.67. The SMILES string of the molecule is CC(=CCCC(C)C1CCC2(C)C3=CCC4C(C)(C)C(O)CC(O)C4(C)C3CCC12C)CO. The Labute approximate surface area is 202 Å². The minimum atomic E-state index is -0.426. The maximum atomic E-state index is 11.4. The minimum Gasteiger partial charge on any atom is -0.392 e. The van der Waals surface area contributed by atoms with Gasteiger partial charge in [-0.25, -0.2) is 0 Å². The molecular weight excluding hydrogens is 408 g/mol. The average molecular weight is 459 g/mol. The highest BCUT2D eigenvalue weighted by atomic mass is 16.3. The van der Waals surface area contributed by atoms with Crippen LogP contribution in [-0.4, -0.2) is 34.1 Å². The topological polar surface area (TPSA) is 60.7 Å². The lowest BCUT2D eigenvalue weighted by Gasteiger charge is -2.65. The van der Waals surface area contributed by atoms with Gasteiger partial charge in [0.2, 0.25) is 0 Å². The molecule has 9 unspecified atom stereocenters. The molecule has 0 bridgehead atoms. The van der Waals surface area contributed by atoms with Crippen LogP contribution >= 0.6 is 0 Å². The molecule has 0 aliphatic heterocycles. The van der Waals surface area contributed by atoms with E-state index in [1.165, 1.54) is 32.1 Å². The van der Waals surface area contributed by atoms with Crippen molar-refractivity contribution < 1.29 is 15.3 Å². The Morgan fingerprint density at radius 3 is 2.45 bits per heavy atom. The van der Waals surface area contributed by atoms with Crippen molar-refractivity contribution in [2.24, 2.45) is 45.3 Å². The molecule has 9 atom stereocenters. The normalized spacial score (nSPS) is 47.9. The Hall–Kier alpha value is -0.640. The molecule has 0 aromatic heterocycles. The van der Waals surface area contributed by atoms with Crippen LogP contribution < -0.4 is 0 Å². The van der Waals surface area contributed by atoms with Crippen LogP contribution in [0.15, 0.2) is 23.3 Å². The van der Waals surface area contributed by atoms with Crippen molar-refractivity contribution in [3.05, 3.63) is 23.3 Å². The van der Waals surface area contributed by atoms with E-state index in [2.05, 4.69) is 53.7 Å². The van der Waals surface area contributed by atoms with Gasteiger partial charge in [0.05, 0.1) is 18.8 Å². The van der Waals surface area contributed by atoms with Gasteiger partial charge in [0, 0.05) is 11.8 Å². The lowest BCUT2D eigenvalue weighted by Crippen LogP contribution is -2.63. The third-order valence-electron chi connectivity index (χ3n) is 12.0. The lowest BCUT2D eigenvalue weighted by molar-refractivity contribution is -0.189. The van der Waals surface area contributed by atoms with Crippen molar-refractivity contribution >= 4 is 0 Å². The third kappa shape index (κ3) is 3.54. The second kappa shape index (κ2) is 8.49. The molecule has 0 radical (unpaired) electrons. The Balaban J connectivity index is 1.62. The monoisotopic (exact) mass is 458 g/mol. The Kier molecular flexibility index (Phi) is 6.55. The molecule has 3 saturated carbocycles. The van der Waals surface area contributed by atoms with Gasteiger partial charge in [0.15, 0.2) is 0 Å². The molecular formula is C30H50O3. The third-order valence-corrected chi connectivity index (χ3v) is 12.0. The second-order valence-corrected chi connectivity index (χ2v) is 13.7. The first-order chi connectivity index (χ1) is 15.3. The van der Waals surface area contributed by atoms with Gasteiger partial charge in [-0.1, -0.05) is 64.8 Å². The van der Waals surface area contributed by atoms with E-state index in [9.17, 15) is 15.3 Å². The molecule has 0 amide bonds. The van der Waals surface area contributed by atoms with Crippen LogP contribution in [0.25, 0.3) is 0 Å². The Morgan fingerprint density at radius 1 is 1.09 bits per heavy atom. The van der Waals surface area contributed by atoms with Crippen molar-refractivity contribution in [3.63, 3.8) is 0 Å². The molecule has 0 saturated heterocycles. The zero-order valence-electron chi connectivity index (χ0n) is 22.3. The number of hydrogen-bond donors (Lipinski definition) is 3. The second-order valence-electron chi connectivity index (χ2n) is 13.7. The fourth-order valence-electron chi connectivity index (χ4n) is 9.47. The van der Waals surface area contributed by atoms with Crippen LogP contribution in [0.2, 0.25) is 0 Å². The Bertz CT molecular complexity index is 811. The quantitative estimate of drug-likeness (QED) is 0.425. The zero-order valence-corrected chi connectivity index (χ0v) is 22.3. The van der Waals surface area contributed by atoms with E-state index in [0.29, 0.717) is 29.6 Å². The molecule has 3 N–H and O–H groups in total. The summed E-state index contributed by atoms with van der Waals surface area (Å²) in [6, 6.07) is 0. The molecule has 0 aromatic carbocycles. The number of hydrogen-bond acceptors (Lipinski definition) is 3. The maximum absolute atomic E-state index is 11.4. The van der Waals surface area contributed by atoms with Crippen LogP contribution in [-0.2, 0) is 0 Å². The number of aliphatic hydroxyl groups excluding tert-OH is 3. The van der Waals surface area contributed by atoms with E-state index in [0.717, 1.165) is 24.3 Å². The summed E-state index contributed by atoms with van der Waals surface area (Å²) in [5, 5.41) is 31.5. The van der Waals surface area contributed by atoms with E-state index >= 15 is 0 Å². The van der Waals surface area contributed by atoms with E-state index in [1.807, 2.05) is 6.92 Å². The fourth-order valence-corrected chi connectivity index (χ4v) is 9.47. The fraction of sp³-hybridized carbons (Fsp3) is 0.867. The molecule has 3 heteroatoms. The number of rotatable bonds is 5. The molecule has 3 fully saturated rings. The van der Waals surface area contributed by atoms with Crippen LogP contribution in [0.4, 0.5) is 0 Å². The first-order valence-corrected chi connectivity index (χ1v) is 13.7. The van der Waals surface area contributed by atoms with Crippen LogP contribution in [0.1, 0.15) is 99.8 Å². The number of aliphatic hydroxyl groups is 3. The standard InChI is InChI=1S/C30H50O3/c1-19(18-31)9-8-10-20(2)21-13-15-29(6)22-11-12-24-27(3,4)25(32)17-26(33)30(24,7)23(22)14-16-28(21,29)5/h9,11,20-21,23-26,31-33H,8,10,12-18H2,1-7H3. The first-order valence-electron chi connectivity index (χ1n) is 13.7. The summed E-state index contributed by atoms with van der Waals surface area (Å²) < 4.78 is 0. The van der Waals surface area contributed by atoms with Gasteiger partial charge in [-0.05, 0) is 91.8 Å². The van der Waals surface area contributed by atoms with Crippen molar-refractivity contribution in [2.45, 2.75) is 112 Å². The highest BCUT2D eigenvalue weighted by molar-refractivity contribution is 5.34. The molecule has 0 spiro atoms. The molecule has 4 aliphatic carbocycles. The number of fused-ring (bicyclic) bond motifs is 5. The Morgan fingerprint density at radius 2 is 1.79 bits per heavy atom. The van der Waals surface area contributed by atoms with Gasteiger partial charge < -0.3 is 15.3 Å². The van der Waals surface area contributed by atoms with Crippen LogP contribution in [0, 0.1) is 45.3 Å². The predicted molar refractivity (Wildman–Crippen MR) is 136 cm³/mol. The average Bonchev–Trinajstić information content (AvgIpc) is 3.04. The molecule has 4 aliphatic rings. The maximum Gasteiger partial charge on any atom is 0.0639 e. The van der Waals surface area contributed by atoms with Gasteiger partial charge in [0.25, 0.3) is 0 Å². The molecule has 188 valence electrons. The van der Waals surface area contributed by atoms with Gasteiger partial charge in [-0.3, -0.25) is 0 Å². The van der Waals surface area contributed by atoms with E-state index in [4.69, 9.17) is 0 Å². The van der Waals surface area contributed by atoms with Crippen molar-refractivity contribution in [2.75, 3.05) is 6.61 Å². The molecule has 0 heterocycles.